The Morgan fingerprint density at radius 3 is 2.59 bits per heavy atom. The van der Waals surface area contributed by atoms with E-state index in [2.05, 4.69) is 17.0 Å². The molecule has 4 nitrogen and oxygen atoms in total. The van der Waals surface area contributed by atoms with Gasteiger partial charge in [-0.2, -0.15) is 5.26 Å². The predicted molar refractivity (Wildman–Crippen MR) is 139 cm³/mol. The van der Waals surface area contributed by atoms with E-state index in [4.69, 9.17) is 16.9 Å². The maximum atomic E-state index is 14.3. The Morgan fingerprint density at radius 1 is 1.18 bits per heavy atom. The van der Waals surface area contributed by atoms with Crippen molar-refractivity contribution in [2.75, 3.05) is 5.32 Å². The fourth-order valence-corrected chi connectivity index (χ4v) is 4.65. The smallest absolute Gasteiger partial charge is 0.255 e. The summed E-state index contributed by atoms with van der Waals surface area (Å²) in [7, 11) is 0. The average Bonchev–Trinajstić information content (AvgIpc) is 2.82. The molecule has 0 saturated carbocycles. The summed E-state index contributed by atoms with van der Waals surface area (Å²) in [6.45, 7) is 7.30. The number of aliphatic imine (C=N–C) groups is 1. The van der Waals surface area contributed by atoms with Crippen LogP contribution >= 0.6 is 23.4 Å². The lowest BCUT2D eigenvalue weighted by Gasteiger charge is -2.16. The summed E-state index contributed by atoms with van der Waals surface area (Å²) < 4.78 is 14.3. The molecule has 0 aliphatic rings. The van der Waals surface area contributed by atoms with Crippen LogP contribution in [0.5, 0.6) is 0 Å². The molecule has 0 aromatic heterocycles. The monoisotopic (exact) mass is 491 g/mol. The summed E-state index contributed by atoms with van der Waals surface area (Å²) in [5.74, 6) is -0.291. The lowest BCUT2D eigenvalue weighted by atomic mass is 10.1. The van der Waals surface area contributed by atoms with Gasteiger partial charge in [-0.25, -0.2) is 4.39 Å². The van der Waals surface area contributed by atoms with Crippen LogP contribution in [0.3, 0.4) is 0 Å². The Morgan fingerprint density at radius 2 is 1.91 bits per heavy atom. The van der Waals surface area contributed by atoms with Gasteiger partial charge in [0.05, 0.1) is 22.3 Å². The van der Waals surface area contributed by atoms with E-state index in [1.54, 1.807) is 24.4 Å². The van der Waals surface area contributed by atoms with Gasteiger partial charge >= 0.3 is 0 Å². The molecule has 7 heteroatoms. The van der Waals surface area contributed by atoms with Crippen molar-refractivity contribution in [3.63, 3.8) is 0 Å². The van der Waals surface area contributed by atoms with Crippen molar-refractivity contribution in [2.24, 2.45) is 4.99 Å². The number of anilines is 1. The highest BCUT2D eigenvalue weighted by molar-refractivity contribution is 8.02. The van der Waals surface area contributed by atoms with Crippen molar-refractivity contribution >= 4 is 41.7 Å². The first-order valence-corrected chi connectivity index (χ1v) is 11.8. The number of allylic oxidation sites excluding steroid dienone is 1. The Balaban J connectivity index is 1.80. The van der Waals surface area contributed by atoms with Crippen molar-refractivity contribution in [2.45, 2.75) is 26.0 Å². The zero-order valence-electron chi connectivity index (χ0n) is 18.9. The third-order valence-electron chi connectivity index (χ3n) is 5.25. The van der Waals surface area contributed by atoms with Crippen molar-refractivity contribution in [3.05, 3.63) is 110 Å². The molecule has 0 fully saturated rings. The normalized spacial score (nSPS) is 11.1. The Bertz CT molecular complexity index is 1310. The lowest BCUT2D eigenvalue weighted by Crippen LogP contribution is -2.15. The average molecular weight is 492 g/mol. The minimum Gasteiger partial charge on any atom is -0.320 e. The van der Waals surface area contributed by atoms with Gasteiger partial charge in [0, 0.05) is 28.8 Å². The van der Waals surface area contributed by atoms with E-state index in [1.807, 2.05) is 50.2 Å². The number of thioether (sulfide) groups is 1. The van der Waals surface area contributed by atoms with Crippen molar-refractivity contribution in [3.8, 4) is 6.07 Å². The molecule has 172 valence electrons. The molecule has 3 rings (SSSR count). The zero-order valence-corrected chi connectivity index (χ0v) is 20.4. The number of halogens is 2. The van der Waals surface area contributed by atoms with Crippen LogP contribution in [-0.2, 0) is 12.2 Å². The van der Waals surface area contributed by atoms with Gasteiger partial charge < -0.3 is 5.32 Å². The van der Waals surface area contributed by atoms with Gasteiger partial charge in [-0.3, -0.25) is 9.79 Å². The van der Waals surface area contributed by atoms with Gasteiger partial charge in [0.1, 0.15) is 5.82 Å². The first-order chi connectivity index (χ1) is 16.3. The number of carbonyl (C=O) groups is 1. The van der Waals surface area contributed by atoms with Crippen LogP contribution in [0.2, 0.25) is 5.02 Å². The molecule has 0 aliphatic carbocycles. The number of hydrogen-bond donors (Lipinski definition) is 1. The second-order valence-electron chi connectivity index (χ2n) is 7.66. The molecule has 0 atom stereocenters. The van der Waals surface area contributed by atoms with Gasteiger partial charge in [0.25, 0.3) is 5.91 Å². The van der Waals surface area contributed by atoms with Crippen LogP contribution in [-0.4, -0.2) is 12.6 Å². The SMILES string of the molecule is C=N/C=C(/Cc1ccc(C)c(NC(=O)c2ccccc2C)c1Cl)SCc1ccc(C#N)cc1F. The number of nitriles is 1. The maximum absolute atomic E-state index is 14.3. The van der Waals surface area contributed by atoms with Crippen LogP contribution in [0.4, 0.5) is 10.1 Å². The van der Waals surface area contributed by atoms with E-state index in [-0.39, 0.29) is 11.5 Å². The molecule has 0 bridgehead atoms. The number of nitrogens with zero attached hydrogens (tertiary/aromatic N) is 2. The minimum atomic E-state index is -0.424. The van der Waals surface area contributed by atoms with E-state index in [1.165, 1.54) is 17.8 Å². The van der Waals surface area contributed by atoms with E-state index in [9.17, 15) is 9.18 Å². The highest BCUT2D eigenvalue weighted by Gasteiger charge is 2.16. The van der Waals surface area contributed by atoms with E-state index >= 15 is 0 Å². The summed E-state index contributed by atoms with van der Waals surface area (Å²) in [6.07, 6.45) is 2.06. The third kappa shape index (κ3) is 6.13. The molecule has 0 aliphatic heterocycles. The van der Waals surface area contributed by atoms with Gasteiger partial charge in [-0.05, 0) is 61.0 Å². The first kappa shape index (κ1) is 25.2. The maximum Gasteiger partial charge on any atom is 0.255 e. The second-order valence-corrected chi connectivity index (χ2v) is 9.14. The summed E-state index contributed by atoms with van der Waals surface area (Å²) >= 11 is 8.13. The zero-order chi connectivity index (χ0) is 24.7. The molecule has 0 spiro atoms. The minimum absolute atomic E-state index is 0.227. The number of hydrogen-bond acceptors (Lipinski definition) is 4. The molecule has 34 heavy (non-hydrogen) atoms. The van der Waals surface area contributed by atoms with E-state index in [0.29, 0.717) is 34.0 Å². The summed E-state index contributed by atoms with van der Waals surface area (Å²) in [4.78, 5) is 17.6. The van der Waals surface area contributed by atoms with Gasteiger partial charge in [-0.1, -0.05) is 48.0 Å². The highest BCUT2D eigenvalue weighted by atomic mass is 35.5. The molecule has 0 heterocycles. The Labute approximate surface area is 208 Å². The molecule has 0 unspecified atom stereocenters. The standard InChI is InChI=1S/C27H23ClFN3OS/c1-17-6-4-5-7-23(17)27(33)32-26-18(2)8-10-20(25(26)28)13-22(15-31-3)34-16-21-11-9-19(14-30)12-24(21)29/h4-12,15H,3,13,16H2,1-2H3,(H,32,33)/b22-15-. The molecule has 1 N–H and O–H groups in total. The van der Waals surface area contributed by atoms with Crippen LogP contribution in [0.15, 0.2) is 70.7 Å². The number of amides is 1. The number of nitrogens with one attached hydrogen (secondary N) is 1. The third-order valence-corrected chi connectivity index (χ3v) is 6.76. The molecular weight excluding hydrogens is 469 g/mol. The first-order valence-electron chi connectivity index (χ1n) is 10.4. The van der Waals surface area contributed by atoms with Gasteiger partial charge in [0.2, 0.25) is 0 Å². The largest absolute Gasteiger partial charge is 0.320 e. The van der Waals surface area contributed by atoms with Gasteiger partial charge in [0.15, 0.2) is 0 Å². The van der Waals surface area contributed by atoms with Crippen molar-refractivity contribution in [1.29, 1.82) is 5.26 Å². The Kier molecular flexibility index (Phi) is 8.64. The summed E-state index contributed by atoms with van der Waals surface area (Å²) in [5, 5.41) is 12.3. The van der Waals surface area contributed by atoms with Crippen LogP contribution in [0.1, 0.15) is 38.2 Å². The van der Waals surface area contributed by atoms with Gasteiger partial charge in [-0.15, -0.1) is 11.8 Å². The number of aryl methyl sites for hydroxylation is 2. The predicted octanol–water partition coefficient (Wildman–Crippen LogP) is 7.24. The van der Waals surface area contributed by atoms with Crippen molar-refractivity contribution in [1.82, 2.24) is 0 Å². The second kappa shape index (κ2) is 11.6. The fourth-order valence-electron chi connectivity index (χ4n) is 3.34. The van der Waals surface area contributed by atoms with Crippen LogP contribution in [0.25, 0.3) is 0 Å². The topological polar surface area (TPSA) is 65.2 Å². The van der Waals surface area contributed by atoms with E-state index in [0.717, 1.165) is 21.6 Å². The number of rotatable bonds is 8. The van der Waals surface area contributed by atoms with E-state index < -0.39 is 5.82 Å². The fraction of sp³-hybridized carbons (Fsp3) is 0.148. The summed E-state index contributed by atoms with van der Waals surface area (Å²) in [5.41, 5.74) is 4.42. The molecule has 0 radical (unpaired) electrons. The van der Waals surface area contributed by atoms with Crippen molar-refractivity contribution < 1.29 is 9.18 Å². The van der Waals surface area contributed by atoms with Crippen LogP contribution in [0, 0.1) is 31.0 Å². The summed E-state index contributed by atoms with van der Waals surface area (Å²) in [6, 6.07) is 17.5. The molecule has 0 saturated heterocycles. The highest BCUT2D eigenvalue weighted by Crippen LogP contribution is 2.34. The number of carbonyl (C=O) groups excluding carboxylic acids is 1. The lowest BCUT2D eigenvalue weighted by molar-refractivity contribution is 0.102. The quantitative estimate of drug-likeness (QED) is 0.338. The molecular formula is C27H23ClFN3OS. The van der Waals surface area contributed by atoms with Crippen LogP contribution < -0.4 is 5.32 Å². The molecule has 1 amide bonds. The number of benzene rings is 3. The molecule has 3 aromatic carbocycles. The molecule has 3 aromatic rings. The Hall–Kier alpha value is -3.40.